The molecule has 9 heteroatoms. The van der Waals surface area contributed by atoms with E-state index >= 15 is 0 Å². The van der Waals surface area contributed by atoms with Crippen molar-refractivity contribution in [2.75, 3.05) is 14.2 Å². The average Bonchev–Trinajstić information content (AvgIpc) is 2.77. The SMILES string of the molecule is C.COc1cc(OC)nc(Sc2cccc(Cl)c2C(=O)O/N=C(\C)c2ccc(C)cc2)n1. The molecule has 3 rings (SSSR count). The lowest BCUT2D eigenvalue weighted by atomic mass is 10.1. The number of nitrogens with zero attached hydrogens (tertiary/aromatic N) is 3. The fourth-order valence-electron chi connectivity index (χ4n) is 2.53. The zero-order valence-electron chi connectivity index (χ0n) is 17.4. The second-order valence-corrected chi connectivity index (χ2v) is 7.79. The molecule has 2 aromatic carbocycles. The molecule has 0 radical (unpaired) electrons. The van der Waals surface area contributed by atoms with E-state index in [4.69, 9.17) is 25.9 Å². The smallest absolute Gasteiger partial charge is 0.368 e. The highest BCUT2D eigenvalue weighted by molar-refractivity contribution is 7.99. The van der Waals surface area contributed by atoms with Crippen molar-refractivity contribution in [3.63, 3.8) is 0 Å². The number of aryl methyl sites for hydroxylation is 1. The summed E-state index contributed by atoms with van der Waals surface area (Å²) in [6.45, 7) is 3.76. The molecule has 0 amide bonds. The predicted octanol–water partition coefficient (Wildman–Crippen LogP) is 5.82. The summed E-state index contributed by atoms with van der Waals surface area (Å²) in [5.41, 5.74) is 2.71. The Morgan fingerprint density at radius 2 is 1.66 bits per heavy atom. The van der Waals surface area contributed by atoms with Gasteiger partial charge in [-0.3, -0.25) is 0 Å². The molecule has 0 N–H and O–H groups in total. The number of halogens is 1. The van der Waals surface area contributed by atoms with Gasteiger partial charge in [-0.05, 0) is 43.3 Å². The fraction of sp³-hybridized carbons (Fsp3) is 0.217. The number of hydrogen-bond donors (Lipinski definition) is 0. The van der Waals surface area contributed by atoms with E-state index in [-0.39, 0.29) is 18.0 Å². The van der Waals surface area contributed by atoms with Crippen LogP contribution < -0.4 is 9.47 Å². The first-order valence-corrected chi connectivity index (χ1v) is 10.4. The van der Waals surface area contributed by atoms with Crippen molar-refractivity contribution in [3.8, 4) is 11.8 Å². The molecule has 0 spiro atoms. The Balaban J connectivity index is 0.00000363. The molecule has 0 aliphatic rings. The summed E-state index contributed by atoms with van der Waals surface area (Å²) >= 11 is 7.44. The number of ether oxygens (including phenoxy) is 2. The van der Waals surface area contributed by atoms with Gasteiger partial charge < -0.3 is 14.3 Å². The summed E-state index contributed by atoms with van der Waals surface area (Å²) in [7, 11) is 2.99. The van der Waals surface area contributed by atoms with Crippen LogP contribution in [0.15, 0.2) is 63.7 Å². The maximum atomic E-state index is 12.8. The van der Waals surface area contributed by atoms with Crippen LogP contribution in [0.2, 0.25) is 5.02 Å². The van der Waals surface area contributed by atoms with Crippen LogP contribution in [0.4, 0.5) is 0 Å². The highest BCUT2D eigenvalue weighted by Gasteiger charge is 2.20. The van der Waals surface area contributed by atoms with E-state index in [1.807, 2.05) is 31.2 Å². The summed E-state index contributed by atoms with van der Waals surface area (Å²) in [5, 5.41) is 4.53. The summed E-state index contributed by atoms with van der Waals surface area (Å²) in [6, 6.07) is 14.3. The molecule has 7 nitrogen and oxygen atoms in total. The van der Waals surface area contributed by atoms with Gasteiger partial charge in [-0.15, -0.1) is 0 Å². The molecule has 1 heterocycles. The van der Waals surface area contributed by atoms with Crippen molar-refractivity contribution in [2.45, 2.75) is 31.3 Å². The largest absolute Gasteiger partial charge is 0.481 e. The predicted molar refractivity (Wildman–Crippen MR) is 126 cm³/mol. The molecule has 32 heavy (non-hydrogen) atoms. The molecule has 0 saturated carbocycles. The van der Waals surface area contributed by atoms with Crippen molar-refractivity contribution < 1.29 is 19.1 Å². The van der Waals surface area contributed by atoms with Crippen molar-refractivity contribution in [3.05, 3.63) is 70.2 Å². The van der Waals surface area contributed by atoms with Crippen LogP contribution in [-0.4, -0.2) is 35.9 Å². The normalized spacial score (nSPS) is 10.8. The summed E-state index contributed by atoms with van der Waals surface area (Å²) < 4.78 is 10.3. The van der Waals surface area contributed by atoms with Crippen LogP contribution in [-0.2, 0) is 4.84 Å². The third-order valence-electron chi connectivity index (χ3n) is 4.19. The first-order valence-electron chi connectivity index (χ1n) is 9.17. The monoisotopic (exact) mass is 473 g/mol. The summed E-state index contributed by atoms with van der Waals surface area (Å²) in [6.07, 6.45) is 0. The second kappa shape index (κ2) is 11.5. The Hall–Kier alpha value is -3.10. The highest BCUT2D eigenvalue weighted by atomic mass is 35.5. The van der Waals surface area contributed by atoms with Gasteiger partial charge in [0.1, 0.15) is 0 Å². The number of carbonyl (C=O) groups is 1. The lowest BCUT2D eigenvalue weighted by Crippen LogP contribution is -2.06. The molecular formula is C23H24ClN3O4S. The van der Waals surface area contributed by atoms with Crippen LogP contribution in [0.1, 0.15) is 35.8 Å². The highest BCUT2D eigenvalue weighted by Crippen LogP contribution is 2.34. The molecule has 0 aliphatic carbocycles. The third-order valence-corrected chi connectivity index (χ3v) is 5.43. The van der Waals surface area contributed by atoms with Gasteiger partial charge in [0, 0.05) is 4.90 Å². The van der Waals surface area contributed by atoms with Crippen LogP contribution in [0.25, 0.3) is 0 Å². The van der Waals surface area contributed by atoms with Crippen molar-refractivity contribution in [1.29, 1.82) is 0 Å². The lowest BCUT2D eigenvalue weighted by Gasteiger charge is -2.10. The van der Waals surface area contributed by atoms with Crippen LogP contribution in [0.3, 0.4) is 0 Å². The molecule has 0 unspecified atom stereocenters. The van der Waals surface area contributed by atoms with Crippen LogP contribution in [0, 0.1) is 6.92 Å². The molecule has 3 aromatic rings. The van der Waals surface area contributed by atoms with Crippen molar-refractivity contribution in [1.82, 2.24) is 9.97 Å². The summed E-state index contributed by atoms with van der Waals surface area (Å²) in [4.78, 5) is 27.0. The first kappa shape index (κ1) is 25.2. The Bertz CT molecular complexity index is 1100. The summed E-state index contributed by atoms with van der Waals surface area (Å²) in [5.74, 6) is -0.0212. The number of methoxy groups -OCH3 is 2. The minimum Gasteiger partial charge on any atom is -0.481 e. The lowest BCUT2D eigenvalue weighted by molar-refractivity contribution is 0.0512. The fourth-order valence-corrected chi connectivity index (χ4v) is 3.74. The number of aromatic nitrogens is 2. The molecular weight excluding hydrogens is 450 g/mol. The van der Waals surface area contributed by atoms with E-state index in [1.54, 1.807) is 31.2 Å². The molecule has 0 bridgehead atoms. The first-order chi connectivity index (χ1) is 14.9. The van der Waals surface area contributed by atoms with E-state index in [0.717, 1.165) is 22.9 Å². The van der Waals surface area contributed by atoms with Crippen molar-refractivity contribution in [2.24, 2.45) is 5.16 Å². The average molecular weight is 474 g/mol. The molecule has 1 aromatic heterocycles. The van der Waals surface area contributed by atoms with Crippen LogP contribution >= 0.6 is 23.4 Å². The van der Waals surface area contributed by atoms with Gasteiger partial charge in [-0.2, -0.15) is 9.97 Å². The number of benzene rings is 2. The quantitative estimate of drug-likeness (QED) is 0.185. The van der Waals surface area contributed by atoms with E-state index in [0.29, 0.717) is 27.5 Å². The molecule has 0 atom stereocenters. The van der Waals surface area contributed by atoms with Gasteiger partial charge in [0.05, 0.1) is 36.6 Å². The zero-order chi connectivity index (χ0) is 22.4. The van der Waals surface area contributed by atoms with Crippen molar-refractivity contribution >= 4 is 35.0 Å². The molecule has 0 aliphatic heterocycles. The Labute approximate surface area is 196 Å². The van der Waals surface area contributed by atoms with Gasteiger partial charge in [-0.25, -0.2) is 4.79 Å². The van der Waals surface area contributed by atoms with Gasteiger partial charge in [0.2, 0.25) is 11.8 Å². The van der Waals surface area contributed by atoms with Gasteiger partial charge >= 0.3 is 5.97 Å². The Morgan fingerprint density at radius 1 is 1.03 bits per heavy atom. The third kappa shape index (κ3) is 6.21. The molecule has 0 fully saturated rings. The van der Waals surface area contributed by atoms with Crippen LogP contribution in [0.5, 0.6) is 11.8 Å². The van der Waals surface area contributed by atoms with E-state index in [9.17, 15) is 4.79 Å². The Kier molecular flexibility index (Phi) is 9.04. The second-order valence-electron chi connectivity index (χ2n) is 6.37. The maximum absolute atomic E-state index is 12.8. The maximum Gasteiger partial charge on any atom is 0.368 e. The Morgan fingerprint density at radius 3 is 2.25 bits per heavy atom. The van der Waals surface area contributed by atoms with E-state index in [1.165, 1.54) is 14.2 Å². The van der Waals surface area contributed by atoms with E-state index < -0.39 is 5.97 Å². The number of oxime groups is 1. The molecule has 168 valence electrons. The topological polar surface area (TPSA) is 82.9 Å². The molecule has 0 saturated heterocycles. The number of hydrogen-bond acceptors (Lipinski definition) is 8. The number of carbonyl (C=O) groups excluding carboxylic acids is 1. The number of rotatable bonds is 7. The zero-order valence-corrected chi connectivity index (χ0v) is 19.0. The standard InChI is InChI=1S/C22H20ClN3O4S.CH4/c1-13-8-10-15(11-9-13)14(2)26-30-21(27)20-16(23)6-5-7-17(20)31-22-24-18(28-3)12-19(25-22)29-4;/h5-12H,1-4H3;1H4/b26-14+;. The van der Waals surface area contributed by atoms with E-state index in [2.05, 4.69) is 15.1 Å². The minimum atomic E-state index is -0.686. The van der Waals surface area contributed by atoms with Gasteiger partial charge in [0.25, 0.3) is 0 Å². The van der Waals surface area contributed by atoms with Gasteiger partial charge in [-0.1, -0.05) is 60.1 Å². The minimum absolute atomic E-state index is 0. The van der Waals surface area contributed by atoms with Gasteiger partial charge in [0.15, 0.2) is 5.16 Å².